The fourth-order valence-corrected chi connectivity index (χ4v) is 0.822. The Bertz CT molecular complexity index is 87.1. The predicted molar refractivity (Wildman–Crippen MR) is 39.7 cm³/mol. The van der Waals surface area contributed by atoms with Crippen LogP contribution in [0.5, 0.6) is 0 Å². The van der Waals surface area contributed by atoms with Crippen LogP contribution in [0, 0.1) is 0 Å². The van der Waals surface area contributed by atoms with Crippen LogP contribution in [0.1, 0.15) is 0 Å². The molecule has 0 aromatic rings. The average molecular weight is 196 g/mol. The van der Waals surface area contributed by atoms with Crippen molar-refractivity contribution in [3.63, 3.8) is 0 Å². The van der Waals surface area contributed by atoms with Crippen LogP contribution < -0.4 is 5.73 Å². The second-order valence-corrected chi connectivity index (χ2v) is 2.51. The smallest absolute Gasteiger partial charge is 0.319 e. The van der Waals surface area contributed by atoms with E-state index in [2.05, 4.69) is 0 Å². The molecular weight excluding hydrogens is 187 g/mol. The summed E-state index contributed by atoms with van der Waals surface area (Å²) in [5.41, 5.74) is 4.72. The molecule has 0 radical (unpaired) electrons. The molecule has 0 aromatic carbocycles. The van der Waals surface area contributed by atoms with Crippen molar-refractivity contribution in [1.29, 1.82) is 0 Å². The zero-order valence-electron chi connectivity index (χ0n) is 5.31. The van der Waals surface area contributed by atoms with Crippen molar-refractivity contribution in [2.45, 2.75) is 12.2 Å². The predicted octanol–water partition coefficient (Wildman–Crippen LogP) is 1.66. The van der Waals surface area contributed by atoms with Gasteiger partial charge in [-0.15, -0.1) is 12.4 Å². The maximum absolute atomic E-state index is 11.5. The number of thioether (sulfide) groups is 1. The Labute approximate surface area is 67.9 Å². The van der Waals surface area contributed by atoms with Crippen molar-refractivity contribution in [2.24, 2.45) is 5.73 Å². The van der Waals surface area contributed by atoms with E-state index in [0.29, 0.717) is 0 Å². The Morgan fingerprint density at radius 2 is 1.90 bits per heavy atom. The van der Waals surface area contributed by atoms with E-state index in [1.165, 1.54) is 0 Å². The molecular formula is C4H9ClF3NS. The van der Waals surface area contributed by atoms with Crippen LogP contribution in [0.4, 0.5) is 13.2 Å². The molecule has 2 N–H and O–H groups in total. The lowest BCUT2D eigenvalue weighted by Crippen LogP contribution is -2.39. The summed E-state index contributed by atoms with van der Waals surface area (Å²) in [6.07, 6.45) is -2.64. The molecule has 0 rings (SSSR count). The topological polar surface area (TPSA) is 26.0 Å². The molecule has 6 heteroatoms. The maximum atomic E-state index is 11.5. The second kappa shape index (κ2) is 5.09. The van der Waals surface area contributed by atoms with E-state index in [4.69, 9.17) is 5.73 Å². The molecule has 0 aliphatic carbocycles. The van der Waals surface area contributed by atoms with Crippen LogP contribution >= 0.6 is 24.2 Å². The molecule has 0 saturated carbocycles. The van der Waals surface area contributed by atoms with E-state index in [-0.39, 0.29) is 18.2 Å². The third-order valence-corrected chi connectivity index (χ3v) is 1.46. The molecule has 0 aliphatic heterocycles. The molecule has 0 fully saturated rings. The SMILES string of the molecule is CSC[C@@H](N)C(F)(F)F.Cl. The minimum absolute atomic E-state index is 0. The van der Waals surface area contributed by atoms with E-state index in [0.717, 1.165) is 11.8 Å². The standard InChI is InChI=1S/C4H8F3NS.ClH/c1-9-2-3(8)4(5,6)7;/h3H,2,8H2,1H3;1H/t3-;/m1./s1. The second-order valence-electron chi connectivity index (χ2n) is 1.60. The monoisotopic (exact) mass is 195 g/mol. The van der Waals surface area contributed by atoms with Gasteiger partial charge in [0.2, 0.25) is 0 Å². The molecule has 0 aliphatic rings. The molecule has 0 aromatic heterocycles. The third-order valence-electron chi connectivity index (χ3n) is 0.767. The summed E-state index contributed by atoms with van der Waals surface area (Å²) in [5, 5.41) is 0. The van der Waals surface area contributed by atoms with Crippen LogP contribution in [0.25, 0.3) is 0 Å². The van der Waals surface area contributed by atoms with Crippen LogP contribution in [-0.4, -0.2) is 24.2 Å². The molecule has 0 bridgehead atoms. The fourth-order valence-electron chi connectivity index (χ4n) is 0.274. The number of hydrogen-bond donors (Lipinski definition) is 1. The zero-order chi connectivity index (χ0) is 7.49. The molecule has 1 atom stereocenters. The lowest BCUT2D eigenvalue weighted by Gasteiger charge is -2.12. The molecule has 0 amide bonds. The summed E-state index contributed by atoms with van der Waals surface area (Å²) in [5.74, 6) is -0.0660. The first-order valence-electron chi connectivity index (χ1n) is 2.29. The van der Waals surface area contributed by atoms with E-state index < -0.39 is 12.2 Å². The maximum Gasteiger partial charge on any atom is 0.404 e. The normalized spacial score (nSPS) is 14.1. The van der Waals surface area contributed by atoms with Crippen LogP contribution in [0.15, 0.2) is 0 Å². The van der Waals surface area contributed by atoms with E-state index in [1.54, 1.807) is 6.26 Å². The van der Waals surface area contributed by atoms with Crippen molar-refractivity contribution < 1.29 is 13.2 Å². The highest BCUT2D eigenvalue weighted by atomic mass is 35.5. The highest BCUT2D eigenvalue weighted by Gasteiger charge is 2.35. The van der Waals surface area contributed by atoms with Gasteiger partial charge in [-0.3, -0.25) is 0 Å². The number of halogens is 4. The Kier molecular flexibility index (Phi) is 6.63. The molecule has 0 heterocycles. The third kappa shape index (κ3) is 5.20. The summed E-state index contributed by atoms with van der Waals surface area (Å²) in [4.78, 5) is 0. The molecule has 1 nitrogen and oxygen atoms in total. The molecule has 10 heavy (non-hydrogen) atoms. The van der Waals surface area contributed by atoms with Gasteiger partial charge < -0.3 is 5.73 Å². The first-order valence-corrected chi connectivity index (χ1v) is 3.69. The van der Waals surface area contributed by atoms with Gasteiger partial charge in [0.25, 0.3) is 0 Å². The summed E-state index contributed by atoms with van der Waals surface area (Å²) in [7, 11) is 0. The van der Waals surface area contributed by atoms with Gasteiger partial charge in [-0.1, -0.05) is 0 Å². The van der Waals surface area contributed by atoms with E-state index >= 15 is 0 Å². The summed E-state index contributed by atoms with van der Waals surface area (Å²) in [6.45, 7) is 0. The van der Waals surface area contributed by atoms with Crippen molar-refractivity contribution >= 4 is 24.2 Å². The highest BCUT2D eigenvalue weighted by molar-refractivity contribution is 7.98. The zero-order valence-corrected chi connectivity index (χ0v) is 6.95. The quantitative estimate of drug-likeness (QED) is 0.726. The van der Waals surface area contributed by atoms with Gasteiger partial charge in [0, 0.05) is 5.75 Å². The van der Waals surface area contributed by atoms with Gasteiger partial charge in [-0.25, -0.2) is 0 Å². The summed E-state index contributed by atoms with van der Waals surface area (Å²) in [6, 6.07) is -1.67. The number of nitrogens with two attached hydrogens (primary N) is 1. The highest BCUT2D eigenvalue weighted by Crippen LogP contribution is 2.20. The number of alkyl halides is 3. The van der Waals surface area contributed by atoms with E-state index in [1.807, 2.05) is 0 Å². The molecule has 0 spiro atoms. The molecule has 64 valence electrons. The number of hydrogen-bond acceptors (Lipinski definition) is 2. The van der Waals surface area contributed by atoms with Gasteiger partial charge in [-0.05, 0) is 6.26 Å². The van der Waals surface area contributed by atoms with Gasteiger partial charge in [0.15, 0.2) is 0 Å². The average Bonchev–Trinajstić information content (AvgIpc) is 1.64. The summed E-state index contributed by atoms with van der Waals surface area (Å²) >= 11 is 1.09. The van der Waals surface area contributed by atoms with Crippen molar-refractivity contribution in [3.05, 3.63) is 0 Å². The van der Waals surface area contributed by atoms with Gasteiger partial charge >= 0.3 is 6.18 Å². The van der Waals surface area contributed by atoms with Crippen LogP contribution in [0.2, 0.25) is 0 Å². The van der Waals surface area contributed by atoms with Gasteiger partial charge in [0.05, 0.1) is 0 Å². The number of rotatable bonds is 2. The summed E-state index contributed by atoms with van der Waals surface area (Å²) < 4.78 is 34.5. The fraction of sp³-hybridized carbons (Fsp3) is 1.00. The Morgan fingerprint density at radius 1 is 1.50 bits per heavy atom. The lowest BCUT2D eigenvalue weighted by molar-refractivity contribution is -0.142. The van der Waals surface area contributed by atoms with E-state index in [9.17, 15) is 13.2 Å². The Morgan fingerprint density at radius 3 is 2.00 bits per heavy atom. The minimum atomic E-state index is -4.23. The Balaban J connectivity index is 0. The largest absolute Gasteiger partial charge is 0.404 e. The lowest BCUT2D eigenvalue weighted by atomic mass is 10.4. The van der Waals surface area contributed by atoms with Gasteiger partial charge in [0.1, 0.15) is 6.04 Å². The van der Waals surface area contributed by atoms with Crippen molar-refractivity contribution in [2.75, 3.05) is 12.0 Å². The first-order chi connectivity index (χ1) is 3.98. The minimum Gasteiger partial charge on any atom is -0.319 e. The molecule has 0 saturated heterocycles. The van der Waals surface area contributed by atoms with Crippen molar-refractivity contribution in [3.8, 4) is 0 Å². The Hall–Kier alpha value is 0.390. The molecule has 0 unspecified atom stereocenters. The van der Waals surface area contributed by atoms with Gasteiger partial charge in [-0.2, -0.15) is 24.9 Å². The van der Waals surface area contributed by atoms with Crippen molar-refractivity contribution in [1.82, 2.24) is 0 Å². The first kappa shape index (κ1) is 13.0. The van der Waals surface area contributed by atoms with Crippen LogP contribution in [0.3, 0.4) is 0 Å². The van der Waals surface area contributed by atoms with Crippen LogP contribution in [-0.2, 0) is 0 Å².